The third kappa shape index (κ3) is 5.39. The first-order chi connectivity index (χ1) is 9.24. The summed E-state index contributed by atoms with van der Waals surface area (Å²) in [5.41, 5.74) is 5.96. The lowest BCUT2D eigenvalue weighted by molar-refractivity contribution is 0.197. The maximum Gasteiger partial charge on any atom is 0.188 e. The molecule has 0 atom stereocenters. The van der Waals surface area contributed by atoms with Gasteiger partial charge >= 0.3 is 0 Å². The summed E-state index contributed by atoms with van der Waals surface area (Å²) in [5, 5.41) is 3.37. The molecule has 2 rings (SSSR count). The topological polar surface area (TPSA) is 53.6 Å². The van der Waals surface area contributed by atoms with Crippen molar-refractivity contribution in [2.75, 3.05) is 26.2 Å². The summed E-state index contributed by atoms with van der Waals surface area (Å²) >= 11 is 0. The molecule has 3 N–H and O–H groups in total. The van der Waals surface area contributed by atoms with Gasteiger partial charge in [-0.2, -0.15) is 0 Å². The van der Waals surface area contributed by atoms with Gasteiger partial charge in [-0.15, -0.1) is 0 Å². The minimum absolute atomic E-state index is 0.563. The molecule has 0 aromatic carbocycles. The molecule has 0 unspecified atom stereocenters. The maximum atomic E-state index is 5.96. The second-order valence-electron chi connectivity index (χ2n) is 6.27. The summed E-state index contributed by atoms with van der Waals surface area (Å²) in [6.45, 7) is 6.70. The summed E-state index contributed by atoms with van der Waals surface area (Å²) in [5.74, 6) is 1.55. The van der Waals surface area contributed by atoms with Gasteiger partial charge in [0.05, 0.1) is 6.54 Å². The lowest BCUT2D eigenvalue weighted by Gasteiger charge is -2.29. The zero-order chi connectivity index (χ0) is 13.5. The number of nitrogens with two attached hydrogens (primary N) is 1. The van der Waals surface area contributed by atoms with Crippen LogP contribution < -0.4 is 11.1 Å². The molecule has 0 spiro atoms. The van der Waals surface area contributed by atoms with E-state index in [9.17, 15) is 0 Å². The predicted molar refractivity (Wildman–Crippen MR) is 81.3 cm³/mol. The monoisotopic (exact) mass is 266 g/mol. The third-order valence-corrected chi connectivity index (χ3v) is 4.53. The van der Waals surface area contributed by atoms with Crippen molar-refractivity contribution in [3.05, 3.63) is 0 Å². The van der Waals surface area contributed by atoms with Crippen LogP contribution in [0.4, 0.5) is 0 Å². The first kappa shape index (κ1) is 14.6. The number of likely N-dealkylation sites (tertiary alicyclic amines) is 1. The fourth-order valence-electron chi connectivity index (χ4n) is 3.10. The van der Waals surface area contributed by atoms with Crippen LogP contribution >= 0.6 is 0 Å². The van der Waals surface area contributed by atoms with E-state index in [2.05, 4.69) is 22.1 Å². The number of hydrogen-bond acceptors (Lipinski definition) is 2. The van der Waals surface area contributed by atoms with E-state index >= 15 is 0 Å². The van der Waals surface area contributed by atoms with E-state index in [1.807, 2.05) is 0 Å². The summed E-state index contributed by atoms with van der Waals surface area (Å²) in [4.78, 5) is 6.98. The average Bonchev–Trinajstić information content (AvgIpc) is 2.42. The summed E-state index contributed by atoms with van der Waals surface area (Å²) < 4.78 is 0. The van der Waals surface area contributed by atoms with E-state index in [4.69, 9.17) is 5.73 Å². The van der Waals surface area contributed by atoms with Gasteiger partial charge in [-0.25, -0.2) is 0 Å². The lowest BCUT2D eigenvalue weighted by Crippen LogP contribution is -2.41. The SMILES string of the molecule is CC1CCN(CCN=C(N)NC2CCCCC2)CC1. The molecule has 1 aliphatic heterocycles. The van der Waals surface area contributed by atoms with Gasteiger partial charge in [0.1, 0.15) is 0 Å². The Hall–Kier alpha value is -0.770. The Balaban J connectivity index is 1.61. The van der Waals surface area contributed by atoms with Crippen LogP contribution in [0.1, 0.15) is 51.9 Å². The number of nitrogens with zero attached hydrogens (tertiary/aromatic N) is 2. The van der Waals surface area contributed by atoms with Gasteiger partial charge in [0.2, 0.25) is 0 Å². The molecule has 4 heteroatoms. The number of rotatable bonds is 4. The molecule has 0 aromatic rings. The van der Waals surface area contributed by atoms with Crippen molar-refractivity contribution in [3.63, 3.8) is 0 Å². The largest absolute Gasteiger partial charge is 0.370 e. The highest BCUT2D eigenvalue weighted by Crippen LogP contribution is 2.17. The Kier molecular flexibility index (Phi) is 5.95. The number of guanidine groups is 1. The molecule has 0 aromatic heterocycles. The normalized spacial score (nSPS) is 24.6. The lowest BCUT2D eigenvalue weighted by atomic mass is 9.96. The van der Waals surface area contributed by atoms with Crippen molar-refractivity contribution in [2.45, 2.75) is 57.9 Å². The van der Waals surface area contributed by atoms with Crippen LogP contribution in [0.5, 0.6) is 0 Å². The molecule has 1 aliphatic carbocycles. The number of piperidine rings is 1. The minimum atomic E-state index is 0.563. The van der Waals surface area contributed by atoms with E-state index in [-0.39, 0.29) is 0 Å². The first-order valence-electron chi connectivity index (χ1n) is 8.03. The van der Waals surface area contributed by atoms with Gasteiger partial charge in [-0.1, -0.05) is 26.2 Å². The van der Waals surface area contributed by atoms with E-state index in [1.165, 1.54) is 58.0 Å². The molecule has 4 nitrogen and oxygen atoms in total. The van der Waals surface area contributed by atoms with Crippen LogP contribution in [0, 0.1) is 5.92 Å². The first-order valence-corrected chi connectivity index (χ1v) is 8.03. The Morgan fingerprint density at radius 3 is 2.53 bits per heavy atom. The Labute approximate surface area is 117 Å². The Morgan fingerprint density at radius 1 is 1.16 bits per heavy atom. The molecule has 1 saturated heterocycles. The van der Waals surface area contributed by atoms with Gasteiger partial charge in [0, 0.05) is 12.6 Å². The Bertz CT molecular complexity index is 276. The molecule has 2 aliphatic rings. The van der Waals surface area contributed by atoms with Crippen molar-refractivity contribution in [2.24, 2.45) is 16.6 Å². The number of hydrogen-bond donors (Lipinski definition) is 2. The molecule has 2 fully saturated rings. The molecule has 1 heterocycles. The molecule has 110 valence electrons. The fourth-order valence-corrected chi connectivity index (χ4v) is 3.10. The Morgan fingerprint density at radius 2 is 1.84 bits per heavy atom. The van der Waals surface area contributed by atoms with E-state index < -0.39 is 0 Å². The van der Waals surface area contributed by atoms with Crippen molar-refractivity contribution < 1.29 is 0 Å². The van der Waals surface area contributed by atoms with E-state index in [0.717, 1.165) is 19.0 Å². The fraction of sp³-hybridized carbons (Fsp3) is 0.933. The third-order valence-electron chi connectivity index (χ3n) is 4.53. The molecular formula is C15H30N4. The van der Waals surface area contributed by atoms with Gasteiger partial charge in [-0.3, -0.25) is 4.99 Å². The van der Waals surface area contributed by atoms with Crippen molar-refractivity contribution in [3.8, 4) is 0 Å². The van der Waals surface area contributed by atoms with Crippen LogP contribution in [0.25, 0.3) is 0 Å². The highest BCUT2D eigenvalue weighted by atomic mass is 15.2. The summed E-state index contributed by atoms with van der Waals surface area (Å²) in [6.07, 6.45) is 9.20. The molecule has 0 bridgehead atoms. The standard InChI is InChI=1S/C15H30N4/c1-13-7-10-19(11-8-13)12-9-17-15(16)18-14-5-3-2-4-6-14/h13-14H,2-12H2,1H3,(H3,16,17,18). The quantitative estimate of drug-likeness (QED) is 0.604. The zero-order valence-corrected chi connectivity index (χ0v) is 12.4. The van der Waals surface area contributed by atoms with Gasteiger partial charge < -0.3 is 16.0 Å². The maximum absolute atomic E-state index is 5.96. The van der Waals surface area contributed by atoms with Crippen LogP contribution in [0.2, 0.25) is 0 Å². The minimum Gasteiger partial charge on any atom is -0.370 e. The predicted octanol–water partition coefficient (Wildman–Crippen LogP) is 1.96. The highest BCUT2D eigenvalue weighted by molar-refractivity contribution is 5.78. The molecule has 0 amide bonds. The number of nitrogens with one attached hydrogen (secondary N) is 1. The average molecular weight is 266 g/mol. The molecule has 0 radical (unpaired) electrons. The van der Waals surface area contributed by atoms with Crippen molar-refractivity contribution in [1.82, 2.24) is 10.2 Å². The van der Waals surface area contributed by atoms with Crippen LogP contribution in [0.3, 0.4) is 0 Å². The second kappa shape index (κ2) is 7.73. The molecule has 1 saturated carbocycles. The van der Waals surface area contributed by atoms with Gasteiger partial charge in [0.15, 0.2) is 5.96 Å². The summed E-state index contributed by atoms with van der Waals surface area (Å²) in [6, 6.07) is 0.563. The van der Waals surface area contributed by atoms with Crippen molar-refractivity contribution in [1.29, 1.82) is 0 Å². The zero-order valence-electron chi connectivity index (χ0n) is 12.4. The van der Waals surface area contributed by atoms with Gasteiger partial charge in [0.25, 0.3) is 0 Å². The van der Waals surface area contributed by atoms with Crippen molar-refractivity contribution >= 4 is 5.96 Å². The van der Waals surface area contributed by atoms with Crippen LogP contribution in [-0.4, -0.2) is 43.1 Å². The second-order valence-corrected chi connectivity index (χ2v) is 6.27. The highest BCUT2D eigenvalue weighted by Gasteiger charge is 2.15. The summed E-state index contributed by atoms with van der Waals surface area (Å²) in [7, 11) is 0. The van der Waals surface area contributed by atoms with E-state index in [1.54, 1.807) is 0 Å². The molecule has 19 heavy (non-hydrogen) atoms. The van der Waals surface area contributed by atoms with Crippen LogP contribution in [-0.2, 0) is 0 Å². The number of aliphatic imine (C=N–C) groups is 1. The van der Waals surface area contributed by atoms with Crippen LogP contribution in [0.15, 0.2) is 4.99 Å². The van der Waals surface area contributed by atoms with Gasteiger partial charge in [-0.05, 0) is 44.7 Å². The molecular weight excluding hydrogens is 236 g/mol. The van der Waals surface area contributed by atoms with E-state index in [0.29, 0.717) is 12.0 Å². The smallest absolute Gasteiger partial charge is 0.188 e.